The van der Waals surface area contributed by atoms with Gasteiger partial charge in [-0.2, -0.15) is 13.2 Å². The number of alkyl halides is 3. The molecule has 12 heteroatoms. The summed E-state index contributed by atoms with van der Waals surface area (Å²) < 4.78 is 60.0. The minimum atomic E-state index is -4.59. The fourth-order valence-corrected chi connectivity index (χ4v) is 4.63. The summed E-state index contributed by atoms with van der Waals surface area (Å²) in [6, 6.07) is 2.25. The zero-order valence-electron chi connectivity index (χ0n) is 19.7. The van der Waals surface area contributed by atoms with Crippen LogP contribution in [0.4, 0.5) is 17.6 Å². The standard InChI is InChI=1S/C24H24Cl2F4N4OS/c1-5-12(2)17(10-34-9-15(24(28,29)30)6-18(25)14(34)4)23-33-32-22(36-23)16-7-20(27)21(8-19(16)26)35-11-13(3)31/h6-10,12-13H,4-5,11,31H2,1-3H3/b17-10+. The van der Waals surface area contributed by atoms with Gasteiger partial charge in [-0.05, 0) is 31.4 Å². The van der Waals surface area contributed by atoms with E-state index in [2.05, 4.69) is 16.8 Å². The van der Waals surface area contributed by atoms with Gasteiger partial charge in [0, 0.05) is 35.6 Å². The fourth-order valence-electron chi connectivity index (χ4n) is 3.11. The monoisotopic (exact) mass is 562 g/mol. The number of aromatic nitrogens is 2. The normalized spacial score (nSPS) is 16.6. The first-order valence-corrected chi connectivity index (χ1v) is 12.5. The lowest BCUT2D eigenvalue weighted by Gasteiger charge is -2.26. The molecule has 0 fully saturated rings. The second-order valence-corrected chi connectivity index (χ2v) is 10.1. The predicted molar refractivity (Wildman–Crippen MR) is 136 cm³/mol. The second kappa shape index (κ2) is 11.3. The molecule has 0 spiro atoms. The molecule has 1 aliphatic rings. The summed E-state index contributed by atoms with van der Waals surface area (Å²) in [4.78, 5) is 1.23. The van der Waals surface area contributed by atoms with E-state index in [-0.39, 0.29) is 40.1 Å². The Kier molecular flexibility index (Phi) is 8.87. The maximum absolute atomic E-state index is 14.6. The van der Waals surface area contributed by atoms with Crippen LogP contribution >= 0.6 is 34.5 Å². The molecule has 5 nitrogen and oxygen atoms in total. The lowest BCUT2D eigenvalue weighted by atomic mass is 9.99. The zero-order chi connectivity index (χ0) is 26.8. The zero-order valence-corrected chi connectivity index (χ0v) is 22.0. The van der Waals surface area contributed by atoms with Crippen LogP contribution in [0.1, 0.15) is 32.2 Å². The number of benzene rings is 1. The number of ether oxygens (including phenoxy) is 1. The fraction of sp³-hybridized carbons (Fsp3) is 0.333. The van der Waals surface area contributed by atoms with Crippen molar-refractivity contribution in [3.63, 3.8) is 0 Å². The van der Waals surface area contributed by atoms with Gasteiger partial charge in [-0.25, -0.2) is 4.39 Å². The molecule has 2 atom stereocenters. The Morgan fingerprint density at radius 3 is 2.58 bits per heavy atom. The van der Waals surface area contributed by atoms with E-state index in [1.165, 1.54) is 23.2 Å². The number of nitrogens with zero attached hydrogens (tertiary/aromatic N) is 3. The molecular formula is C24H24Cl2F4N4OS. The van der Waals surface area contributed by atoms with Crippen molar-refractivity contribution in [3.05, 3.63) is 69.3 Å². The van der Waals surface area contributed by atoms with E-state index in [4.69, 9.17) is 33.7 Å². The van der Waals surface area contributed by atoms with Crippen LogP contribution in [0.3, 0.4) is 0 Å². The van der Waals surface area contributed by atoms with E-state index >= 15 is 0 Å². The van der Waals surface area contributed by atoms with E-state index in [9.17, 15) is 17.6 Å². The van der Waals surface area contributed by atoms with Gasteiger partial charge in [-0.1, -0.05) is 55.0 Å². The molecule has 36 heavy (non-hydrogen) atoms. The number of hydrogen-bond acceptors (Lipinski definition) is 6. The Morgan fingerprint density at radius 1 is 1.28 bits per heavy atom. The van der Waals surface area contributed by atoms with Crippen molar-refractivity contribution < 1.29 is 22.3 Å². The molecule has 3 rings (SSSR count). The molecule has 194 valence electrons. The summed E-state index contributed by atoms with van der Waals surface area (Å²) in [5, 5.41) is 9.22. The molecule has 2 N–H and O–H groups in total. The molecule has 0 amide bonds. The van der Waals surface area contributed by atoms with Crippen LogP contribution < -0.4 is 10.5 Å². The number of hydrogen-bond donors (Lipinski definition) is 1. The van der Waals surface area contributed by atoms with Crippen molar-refractivity contribution in [1.29, 1.82) is 0 Å². The third kappa shape index (κ3) is 6.47. The Labute approximate surface area is 220 Å². The lowest BCUT2D eigenvalue weighted by molar-refractivity contribution is -0.0891. The van der Waals surface area contributed by atoms with E-state index in [0.717, 1.165) is 23.6 Å². The minimum absolute atomic E-state index is 0.0354. The maximum atomic E-state index is 14.6. The quantitative estimate of drug-likeness (QED) is 0.337. The SMILES string of the molecule is C=C1C(Cl)=CC(C(F)(F)F)=CN1/C=C(/c1nnc(-c2cc(F)c(OCC(C)N)cc2Cl)s1)C(C)CC. The number of rotatable bonds is 8. The van der Waals surface area contributed by atoms with Crippen LogP contribution in [0, 0.1) is 11.7 Å². The highest BCUT2D eigenvalue weighted by Gasteiger charge is 2.35. The Bertz CT molecular complexity index is 1240. The summed E-state index contributed by atoms with van der Waals surface area (Å²) >= 11 is 13.5. The molecule has 1 aromatic heterocycles. The molecule has 2 unspecified atom stereocenters. The molecule has 0 aliphatic carbocycles. The highest BCUT2D eigenvalue weighted by Crippen LogP contribution is 2.40. The molecule has 1 aliphatic heterocycles. The molecule has 1 aromatic carbocycles. The predicted octanol–water partition coefficient (Wildman–Crippen LogP) is 7.51. The number of allylic oxidation sites excluding steroid dienone is 4. The topological polar surface area (TPSA) is 64.3 Å². The summed E-state index contributed by atoms with van der Waals surface area (Å²) in [5.41, 5.74) is 5.84. The first kappa shape index (κ1) is 28.2. The van der Waals surface area contributed by atoms with Crippen LogP contribution in [0.15, 0.2) is 53.5 Å². The molecular weight excluding hydrogens is 539 g/mol. The van der Waals surface area contributed by atoms with Crippen molar-refractivity contribution in [2.75, 3.05) is 6.61 Å². The van der Waals surface area contributed by atoms with E-state index in [0.29, 0.717) is 27.6 Å². The van der Waals surface area contributed by atoms with E-state index < -0.39 is 17.6 Å². The first-order valence-electron chi connectivity index (χ1n) is 10.9. The van der Waals surface area contributed by atoms with Crippen molar-refractivity contribution >= 4 is 40.1 Å². The molecule has 0 saturated carbocycles. The molecule has 0 radical (unpaired) electrons. The average molecular weight is 563 g/mol. The van der Waals surface area contributed by atoms with E-state index in [1.807, 2.05) is 13.8 Å². The highest BCUT2D eigenvalue weighted by molar-refractivity contribution is 7.15. The van der Waals surface area contributed by atoms with Crippen LogP contribution in [0.25, 0.3) is 16.1 Å². The lowest BCUT2D eigenvalue weighted by Crippen LogP contribution is -2.23. The van der Waals surface area contributed by atoms with Crippen molar-refractivity contribution in [3.8, 4) is 16.3 Å². The van der Waals surface area contributed by atoms with Crippen molar-refractivity contribution in [2.45, 2.75) is 39.4 Å². The summed E-state index contributed by atoms with van der Waals surface area (Å²) in [6.07, 6.45) is -0.654. The molecule has 2 aromatic rings. The Balaban J connectivity index is 2.00. The van der Waals surface area contributed by atoms with Gasteiger partial charge in [-0.3, -0.25) is 0 Å². The van der Waals surface area contributed by atoms with Gasteiger partial charge in [-0.15, -0.1) is 10.2 Å². The number of halogens is 6. The smallest absolute Gasteiger partial charge is 0.417 e. The third-order valence-corrected chi connectivity index (χ3v) is 6.97. The van der Waals surface area contributed by atoms with Crippen molar-refractivity contribution in [1.82, 2.24) is 15.1 Å². The van der Waals surface area contributed by atoms with Crippen LogP contribution in [0.2, 0.25) is 5.02 Å². The van der Waals surface area contributed by atoms with Gasteiger partial charge < -0.3 is 15.4 Å². The molecule has 0 bridgehead atoms. The average Bonchev–Trinajstić information content (AvgIpc) is 3.28. The number of nitrogens with two attached hydrogens (primary N) is 1. The third-order valence-electron chi connectivity index (χ3n) is 5.32. The van der Waals surface area contributed by atoms with Gasteiger partial charge in [0.1, 0.15) is 16.6 Å². The van der Waals surface area contributed by atoms with Crippen molar-refractivity contribution in [2.24, 2.45) is 11.7 Å². The van der Waals surface area contributed by atoms with Gasteiger partial charge in [0.05, 0.1) is 21.3 Å². The second-order valence-electron chi connectivity index (χ2n) is 8.29. The first-order chi connectivity index (χ1) is 16.8. The highest BCUT2D eigenvalue weighted by atomic mass is 35.5. The Hall–Kier alpha value is -2.40. The van der Waals surface area contributed by atoms with Gasteiger partial charge in [0.25, 0.3) is 0 Å². The van der Waals surface area contributed by atoms with Gasteiger partial charge in [0.15, 0.2) is 11.6 Å². The summed E-state index contributed by atoms with van der Waals surface area (Å²) in [6.45, 7) is 9.47. The van der Waals surface area contributed by atoms with Gasteiger partial charge in [0.2, 0.25) is 0 Å². The van der Waals surface area contributed by atoms with Crippen LogP contribution in [-0.4, -0.2) is 33.9 Å². The largest absolute Gasteiger partial charge is 0.489 e. The molecule has 2 heterocycles. The van der Waals surface area contributed by atoms with Gasteiger partial charge >= 0.3 is 6.18 Å². The maximum Gasteiger partial charge on any atom is 0.417 e. The molecule has 0 saturated heterocycles. The van der Waals surface area contributed by atoms with E-state index in [1.54, 1.807) is 6.92 Å². The summed E-state index contributed by atoms with van der Waals surface area (Å²) in [7, 11) is 0. The van der Waals surface area contributed by atoms with Crippen LogP contribution in [-0.2, 0) is 0 Å². The Morgan fingerprint density at radius 2 is 1.97 bits per heavy atom. The van der Waals surface area contributed by atoms with Crippen LogP contribution in [0.5, 0.6) is 5.75 Å². The summed E-state index contributed by atoms with van der Waals surface area (Å²) in [5.74, 6) is -0.778. The minimum Gasteiger partial charge on any atom is -0.489 e.